The predicted molar refractivity (Wildman–Crippen MR) is 54.1 cm³/mol. The van der Waals surface area contributed by atoms with Gasteiger partial charge in [0, 0.05) is 26.1 Å². The van der Waals surface area contributed by atoms with Crippen molar-refractivity contribution in [3.63, 3.8) is 0 Å². The Hall–Kier alpha value is -0.520. The Labute approximate surface area is 76.3 Å². The zero-order valence-electron chi connectivity index (χ0n) is 8.27. The lowest BCUT2D eigenvalue weighted by molar-refractivity contribution is 0.303. The van der Waals surface area contributed by atoms with Gasteiger partial charge < -0.3 is 10.2 Å². The maximum Gasteiger partial charge on any atom is 0.0211 e. The highest BCUT2D eigenvalue weighted by molar-refractivity contribution is 4.83. The molecule has 0 aliphatic heterocycles. The Morgan fingerprint density at radius 2 is 1.92 bits per heavy atom. The van der Waals surface area contributed by atoms with E-state index in [9.17, 15) is 0 Å². The van der Waals surface area contributed by atoms with E-state index in [0.29, 0.717) is 0 Å². The van der Waals surface area contributed by atoms with E-state index < -0.39 is 0 Å². The fourth-order valence-corrected chi connectivity index (χ4v) is 1.06. The van der Waals surface area contributed by atoms with Crippen LogP contribution >= 0.6 is 0 Å². The number of terminal acetylenes is 1. The first-order chi connectivity index (χ1) is 5.85. The molecule has 2 nitrogen and oxygen atoms in total. The third kappa shape index (κ3) is 6.21. The van der Waals surface area contributed by atoms with Gasteiger partial charge in [0.2, 0.25) is 0 Å². The maximum absolute atomic E-state index is 5.12. The molecule has 0 aromatic heterocycles. The van der Waals surface area contributed by atoms with E-state index in [1.54, 1.807) is 0 Å². The topological polar surface area (TPSA) is 15.3 Å². The second-order valence-electron chi connectivity index (χ2n) is 2.73. The van der Waals surface area contributed by atoms with Gasteiger partial charge in [0.25, 0.3) is 0 Å². The number of hydrogen-bond donors (Lipinski definition) is 1. The maximum atomic E-state index is 5.12. The zero-order valence-corrected chi connectivity index (χ0v) is 8.27. The minimum absolute atomic E-state index is 0.832. The lowest BCUT2D eigenvalue weighted by Crippen LogP contribution is -2.32. The minimum Gasteiger partial charge on any atom is -0.315 e. The Morgan fingerprint density at radius 1 is 1.25 bits per heavy atom. The average molecular weight is 168 g/mol. The van der Waals surface area contributed by atoms with Gasteiger partial charge in [-0.3, -0.25) is 0 Å². The molecule has 70 valence electrons. The second-order valence-corrected chi connectivity index (χ2v) is 2.73. The van der Waals surface area contributed by atoms with E-state index in [0.717, 1.165) is 39.1 Å². The van der Waals surface area contributed by atoms with Crippen molar-refractivity contribution in [2.45, 2.75) is 20.3 Å². The van der Waals surface area contributed by atoms with Gasteiger partial charge in [-0.1, -0.05) is 13.8 Å². The SMILES string of the molecule is C#CCCNCCN(CC)CC. The number of nitrogens with zero attached hydrogens (tertiary/aromatic N) is 1. The quantitative estimate of drug-likeness (QED) is 0.449. The highest BCUT2D eigenvalue weighted by Gasteiger charge is 1.96. The van der Waals surface area contributed by atoms with Crippen molar-refractivity contribution < 1.29 is 0 Å². The fraction of sp³-hybridized carbons (Fsp3) is 0.800. The Kier molecular flexibility index (Phi) is 8.20. The molecular weight excluding hydrogens is 148 g/mol. The molecule has 0 rings (SSSR count). The van der Waals surface area contributed by atoms with Crippen LogP contribution in [0, 0.1) is 12.3 Å². The summed E-state index contributed by atoms with van der Waals surface area (Å²) in [6.45, 7) is 9.75. The Bertz CT molecular complexity index is 122. The van der Waals surface area contributed by atoms with Gasteiger partial charge in [-0.2, -0.15) is 0 Å². The normalized spacial score (nSPS) is 10.2. The van der Waals surface area contributed by atoms with E-state index >= 15 is 0 Å². The summed E-state index contributed by atoms with van der Waals surface area (Å²) < 4.78 is 0. The molecule has 0 atom stereocenters. The molecule has 0 aromatic carbocycles. The Balaban J connectivity index is 3.13. The molecule has 0 unspecified atom stereocenters. The number of hydrogen-bond acceptors (Lipinski definition) is 2. The van der Waals surface area contributed by atoms with Gasteiger partial charge >= 0.3 is 0 Å². The molecule has 0 heterocycles. The average Bonchev–Trinajstić information content (AvgIpc) is 2.11. The first-order valence-corrected chi connectivity index (χ1v) is 4.71. The standard InChI is InChI=1S/C10H20N2/c1-4-7-8-11-9-10-12(5-2)6-3/h1,11H,5-10H2,2-3H3. The van der Waals surface area contributed by atoms with Crippen LogP contribution in [0.15, 0.2) is 0 Å². The molecule has 0 aromatic rings. The van der Waals surface area contributed by atoms with E-state index in [4.69, 9.17) is 6.42 Å². The molecule has 12 heavy (non-hydrogen) atoms. The van der Waals surface area contributed by atoms with E-state index in [2.05, 4.69) is 30.0 Å². The van der Waals surface area contributed by atoms with Gasteiger partial charge in [-0.15, -0.1) is 12.3 Å². The monoisotopic (exact) mass is 168 g/mol. The van der Waals surface area contributed by atoms with Crippen molar-refractivity contribution in [2.24, 2.45) is 0 Å². The molecule has 0 amide bonds. The molecule has 0 spiro atoms. The predicted octanol–water partition coefficient (Wildman–Crippen LogP) is 0.941. The van der Waals surface area contributed by atoms with Crippen LogP contribution in [0.5, 0.6) is 0 Å². The van der Waals surface area contributed by atoms with Crippen molar-refractivity contribution >= 4 is 0 Å². The van der Waals surface area contributed by atoms with Crippen LogP contribution < -0.4 is 5.32 Å². The minimum atomic E-state index is 0.832. The van der Waals surface area contributed by atoms with Crippen LogP contribution in [-0.2, 0) is 0 Å². The molecule has 0 bridgehead atoms. The van der Waals surface area contributed by atoms with Gasteiger partial charge in [-0.05, 0) is 13.1 Å². The van der Waals surface area contributed by atoms with Crippen molar-refractivity contribution in [3.05, 3.63) is 0 Å². The van der Waals surface area contributed by atoms with Crippen molar-refractivity contribution in [1.82, 2.24) is 10.2 Å². The van der Waals surface area contributed by atoms with Crippen LogP contribution in [0.2, 0.25) is 0 Å². The summed E-state index contributed by atoms with van der Waals surface area (Å²) in [6.07, 6.45) is 5.95. The summed E-state index contributed by atoms with van der Waals surface area (Å²) in [5.41, 5.74) is 0. The highest BCUT2D eigenvalue weighted by atomic mass is 15.1. The number of likely N-dealkylation sites (N-methyl/N-ethyl adjacent to an activating group) is 1. The van der Waals surface area contributed by atoms with Gasteiger partial charge in [-0.25, -0.2) is 0 Å². The lowest BCUT2D eigenvalue weighted by Gasteiger charge is -2.17. The number of nitrogens with one attached hydrogen (secondary N) is 1. The molecule has 0 fully saturated rings. The molecule has 0 saturated heterocycles. The van der Waals surface area contributed by atoms with Gasteiger partial charge in [0.1, 0.15) is 0 Å². The van der Waals surface area contributed by atoms with Crippen LogP contribution in [-0.4, -0.2) is 37.6 Å². The van der Waals surface area contributed by atoms with Crippen LogP contribution in [0.4, 0.5) is 0 Å². The first-order valence-electron chi connectivity index (χ1n) is 4.71. The molecule has 0 saturated carbocycles. The first kappa shape index (κ1) is 11.5. The van der Waals surface area contributed by atoms with Crippen molar-refractivity contribution in [3.8, 4) is 12.3 Å². The molecular formula is C10H20N2. The van der Waals surface area contributed by atoms with Crippen LogP contribution in [0.3, 0.4) is 0 Å². The summed E-state index contributed by atoms with van der Waals surface area (Å²) >= 11 is 0. The largest absolute Gasteiger partial charge is 0.315 e. The van der Waals surface area contributed by atoms with Gasteiger partial charge in [0.05, 0.1) is 0 Å². The van der Waals surface area contributed by atoms with Crippen LogP contribution in [0.25, 0.3) is 0 Å². The molecule has 1 N–H and O–H groups in total. The third-order valence-corrected chi connectivity index (χ3v) is 1.95. The van der Waals surface area contributed by atoms with Crippen molar-refractivity contribution in [1.29, 1.82) is 0 Å². The van der Waals surface area contributed by atoms with E-state index in [-0.39, 0.29) is 0 Å². The smallest absolute Gasteiger partial charge is 0.0211 e. The summed E-state index contributed by atoms with van der Waals surface area (Å²) in [5, 5.41) is 3.30. The molecule has 0 aliphatic rings. The molecule has 2 heteroatoms. The third-order valence-electron chi connectivity index (χ3n) is 1.95. The zero-order chi connectivity index (χ0) is 9.23. The number of rotatable bonds is 7. The summed E-state index contributed by atoms with van der Waals surface area (Å²) in [6, 6.07) is 0. The fourth-order valence-electron chi connectivity index (χ4n) is 1.06. The van der Waals surface area contributed by atoms with Crippen molar-refractivity contribution in [2.75, 3.05) is 32.7 Å². The summed E-state index contributed by atoms with van der Waals surface area (Å²) in [7, 11) is 0. The molecule has 0 radical (unpaired) electrons. The lowest BCUT2D eigenvalue weighted by atomic mass is 10.4. The summed E-state index contributed by atoms with van der Waals surface area (Å²) in [5.74, 6) is 2.61. The Morgan fingerprint density at radius 3 is 2.42 bits per heavy atom. The highest BCUT2D eigenvalue weighted by Crippen LogP contribution is 1.83. The van der Waals surface area contributed by atoms with Crippen LogP contribution in [0.1, 0.15) is 20.3 Å². The second kappa shape index (κ2) is 8.58. The molecule has 0 aliphatic carbocycles. The van der Waals surface area contributed by atoms with Gasteiger partial charge in [0.15, 0.2) is 0 Å². The summed E-state index contributed by atoms with van der Waals surface area (Å²) in [4.78, 5) is 2.39. The van der Waals surface area contributed by atoms with E-state index in [1.165, 1.54) is 0 Å². The van der Waals surface area contributed by atoms with E-state index in [1.807, 2.05) is 0 Å².